The third-order valence-corrected chi connectivity index (χ3v) is 3.63. The molecule has 0 aromatic heterocycles. The molecule has 20 heavy (non-hydrogen) atoms. The molecule has 1 aliphatic rings. The molecule has 0 spiro atoms. The van der Waals surface area contributed by atoms with Crippen LogP contribution in [0.3, 0.4) is 0 Å². The quantitative estimate of drug-likeness (QED) is 0.850. The first kappa shape index (κ1) is 14.8. The molecule has 3 nitrogen and oxygen atoms in total. The van der Waals surface area contributed by atoms with E-state index in [0.29, 0.717) is 25.1 Å². The lowest BCUT2D eigenvalue weighted by molar-refractivity contribution is -0.147. The fourth-order valence-corrected chi connectivity index (χ4v) is 2.59. The fourth-order valence-electron chi connectivity index (χ4n) is 2.59. The Hall–Kier alpha value is -1.56. The van der Waals surface area contributed by atoms with E-state index in [2.05, 4.69) is 5.32 Å². The third kappa shape index (κ3) is 3.12. The van der Waals surface area contributed by atoms with Crippen LogP contribution in [0, 0.1) is 5.92 Å². The zero-order valence-electron chi connectivity index (χ0n) is 11.0. The second-order valence-electron chi connectivity index (χ2n) is 4.85. The van der Waals surface area contributed by atoms with E-state index in [1.807, 2.05) is 0 Å². The van der Waals surface area contributed by atoms with Crippen molar-refractivity contribution in [2.75, 3.05) is 20.2 Å². The number of hydrogen-bond acceptors (Lipinski definition) is 3. The Morgan fingerprint density at radius 2 is 2.15 bits per heavy atom. The van der Waals surface area contributed by atoms with E-state index < -0.39 is 17.7 Å². The first-order valence-corrected chi connectivity index (χ1v) is 6.39. The number of carbonyl (C=O) groups excluding carboxylic acids is 1. The highest BCUT2D eigenvalue weighted by atomic mass is 19.4. The zero-order chi connectivity index (χ0) is 14.8. The van der Waals surface area contributed by atoms with Crippen molar-refractivity contribution in [1.29, 1.82) is 0 Å². The number of hydrogen-bond donors (Lipinski definition) is 1. The average Bonchev–Trinajstić information content (AvgIpc) is 2.45. The highest BCUT2D eigenvalue weighted by molar-refractivity contribution is 5.73. The van der Waals surface area contributed by atoms with E-state index in [1.54, 1.807) is 6.07 Å². The summed E-state index contributed by atoms with van der Waals surface area (Å²) in [6, 6.07) is 5.16. The molecule has 2 rings (SSSR count). The maximum Gasteiger partial charge on any atom is 0.416 e. The van der Waals surface area contributed by atoms with Crippen molar-refractivity contribution < 1.29 is 22.7 Å². The van der Waals surface area contributed by atoms with Gasteiger partial charge >= 0.3 is 12.1 Å². The Morgan fingerprint density at radius 1 is 1.40 bits per heavy atom. The summed E-state index contributed by atoms with van der Waals surface area (Å²) < 4.78 is 43.0. The van der Waals surface area contributed by atoms with Crippen molar-refractivity contribution in [3.63, 3.8) is 0 Å². The molecule has 1 aromatic carbocycles. The second kappa shape index (κ2) is 5.83. The molecule has 1 aromatic rings. The number of ether oxygens (including phenoxy) is 1. The van der Waals surface area contributed by atoms with Crippen LogP contribution in [0.5, 0.6) is 0 Å². The number of nitrogens with one attached hydrogen (secondary N) is 1. The zero-order valence-corrected chi connectivity index (χ0v) is 11.0. The number of carbonyl (C=O) groups is 1. The van der Waals surface area contributed by atoms with E-state index in [1.165, 1.54) is 13.2 Å². The first-order valence-electron chi connectivity index (χ1n) is 6.39. The summed E-state index contributed by atoms with van der Waals surface area (Å²) in [4.78, 5) is 11.8. The van der Waals surface area contributed by atoms with Gasteiger partial charge in [-0.15, -0.1) is 0 Å². The van der Waals surface area contributed by atoms with Gasteiger partial charge in [-0.3, -0.25) is 4.79 Å². The summed E-state index contributed by atoms with van der Waals surface area (Å²) >= 11 is 0. The smallest absolute Gasteiger partial charge is 0.416 e. The van der Waals surface area contributed by atoms with Crippen LogP contribution in [-0.2, 0) is 15.7 Å². The van der Waals surface area contributed by atoms with Crippen LogP contribution in [0.15, 0.2) is 24.3 Å². The lowest BCUT2D eigenvalue weighted by Gasteiger charge is -2.30. The van der Waals surface area contributed by atoms with E-state index in [-0.39, 0.29) is 11.9 Å². The van der Waals surface area contributed by atoms with Gasteiger partial charge in [-0.05, 0) is 24.6 Å². The van der Waals surface area contributed by atoms with Crippen molar-refractivity contribution >= 4 is 5.97 Å². The second-order valence-corrected chi connectivity index (χ2v) is 4.85. The van der Waals surface area contributed by atoms with Gasteiger partial charge in [0.15, 0.2) is 0 Å². The molecule has 1 fully saturated rings. The van der Waals surface area contributed by atoms with E-state index in [4.69, 9.17) is 4.74 Å². The molecular weight excluding hydrogens is 271 g/mol. The normalized spacial score (nSPS) is 23.4. The van der Waals surface area contributed by atoms with Gasteiger partial charge in [0.25, 0.3) is 0 Å². The summed E-state index contributed by atoms with van der Waals surface area (Å²) in [7, 11) is 1.30. The van der Waals surface area contributed by atoms with Crippen LogP contribution >= 0.6 is 0 Å². The Bertz CT molecular complexity index is 488. The molecule has 0 aliphatic carbocycles. The van der Waals surface area contributed by atoms with Gasteiger partial charge in [0.05, 0.1) is 18.6 Å². The maximum atomic E-state index is 12.7. The molecule has 110 valence electrons. The standard InChI is InChI=1S/C14H16F3NO2/c1-20-13(19)11-5-6-18-8-12(11)9-3-2-4-10(7-9)14(15,16)17/h2-4,7,11-12,18H,5-6,8H2,1H3/t11-,12+/m1/s1. The minimum Gasteiger partial charge on any atom is -0.469 e. The van der Waals surface area contributed by atoms with Crippen LogP contribution in [0.25, 0.3) is 0 Å². The minimum absolute atomic E-state index is 0.293. The minimum atomic E-state index is -4.38. The molecule has 2 atom stereocenters. The Balaban J connectivity index is 2.30. The Morgan fingerprint density at radius 3 is 2.80 bits per heavy atom. The van der Waals surface area contributed by atoms with Crippen LogP contribution in [0.1, 0.15) is 23.5 Å². The van der Waals surface area contributed by atoms with Crippen LogP contribution in [0.2, 0.25) is 0 Å². The predicted molar refractivity (Wildman–Crippen MR) is 67.2 cm³/mol. The summed E-state index contributed by atoms with van der Waals surface area (Å²) in [6.45, 7) is 1.14. The van der Waals surface area contributed by atoms with Gasteiger partial charge in [-0.1, -0.05) is 18.2 Å². The fraction of sp³-hybridized carbons (Fsp3) is 0.500. The molecular formula is C14H16F3NO2. The van der Waals surface area contributed by atoms with Crippen molar-refractivity contribution in [1.82, 2.24) is 5.32 Å². The summed E-state index contributed by atoms with van der Waals surface area (Å²) in [5.74, 6) is -1.06. The molecule has 1 saturated heterocycles. The lowest BCUT2D eigenvalue weighted by atomic mass is 9.81. The van der Waals surface area contributed by atoms with Crippen LogP contribution < -0.4 is 5.32 Å². The van der Waals surface area contributed by atoms with Crippen molar-refractivity contribution in [2.24, 2.45) is 5.92 Å². The number of benzene rings is 1. The molecule has 6 heteroatoms. The highest BCUT2D eigenvalue weighted by Gasteiger charge is 2.35. The Kier molecular flexibility index (Phi) is 4.32. The molecule has 1 N–H and O–H groups in total. The lowest BCUT2D eigenvalue weighted by Crippen LogP contribution is -2.39. The predicted octanol–water partition coefficient (Wildman–Crippen LogP) is 2.57. The monoisotopic (exact) mass is 287 g/mol. The molecule has 0 amide bonds. The maximum absolute atomic E-state index is 12.7. The van der Waals surface area contributed by atoms with Gasteiger partial charge in [-0.25, -0.2) is 0 Å². The van der Waals surface area contributed by atoms with Crippen molar-refractivity contribution in [2.45, 2.75) is 18.5 Å². The third-order valence-electron chi connectivity index (χ3n) is 3.63. The molecule has 0 saturated carbocycles. The first-order chi connectivity index (χ1) is 9.43. The number of halogens is 3. The Labute approximate surface area is 115 Å². The number of alkyl halides is 3. The van der Waals surface area contributed by atoms with Gasteiger partial charge in [0.2, 0.25) is 0 Å². The molecule has 0 unspecified atom stereocenters. The van der Waals surface area contributed by atoms with Gasteiger partial charge in [0, 0.05) is 12.5 Å². The van der Waals surface area contributed by atoms with Crippen LogP contribution in [0.4, 0.5) is 13.2 Å². The number of rotatable bonds is 2. The van der Waals surface area contributed by atoms with Crippen LogP contribution in [-0.4, -0.2) is 26.2 Å². The number of piperidine rings is 1. The van der Waals surface area contributed by atoms with Crippen molar-refractivity contribution in [3.05, 3.63) is 35.4 Å². The SMILES string of the molecule is COC(=O)[C@@H]1CCNC[C@H]1c1cccc(C(F)(F)F)c1. The highest BCUT2D eigenvalue weighted by Crippen LogP contribution is 2.35. The molecule has 1 aliphatic heterocycles. The number of methoxy groups -OCH3 is 1. The van der Waals surface area contributed by atoms with E-state index >= 15 is 0 Å². The summed E-state index contributed by atoms with van der Waals surface area (Å²) in [5, 5.41) is 3.11. The number of esters is 1. The molecule has 0 radical (unpaired) electrons. The van der Waals surface area contributed by atoms with E-state index in [9.17, 15) is 18.0 Å². The largest absolute Gasteiger partial charge is 0.469 e. The summed E-state index contributed by atoms with van der Waals surface area (Å²) in [5.41, 5.74) is -0.174. The van der Waals surface area contributed by atoms with Gasteiger partial charge < -0.3 is 10.1 Å². The van der Waals surface area contributed by atoms with Gasteiger partial charge in [-0.2, -0.15) is 13.2 Å². The van der Waals surface area contributed by atoms with Crippen molar-refractivity contribution in [3.8, 4) is 0 Å². The topological polar surface area (TPSA) is 38.3 Å². The molecule has 1 heterocycles. The average molecular weight is 287 g/mol. The molecule has 0 bridgehead atoms. The summed E-state index contributed by atoms with van der Waals surface area (Å²) in [6.07, 6.45) is -3.81. The van der Waals surface area contributed by atoms with E-state index in [0.717, 1.165) is 12.1 Å². The van der Waals surface area contributed by atoms with Gasteiger partial charge in [0.1, 0.15) is 0 Å².